The van der Waals surface area contributed by atoms with Crippen molar-refractivity contribution in [3.05, 3.63) is 83.7 Å². The smallest absolute Gasteiger partial charge is 0.416 e. The summed E-state index contributed by atoms with van der Waals surface area (Å²) in [5.41, 5.74) is -1.83. The Morgan fingerprint density at radius 1 is 0.811 bits per heavy atom. The zero-order valence-electron chi connectivity index (χ0n) is 18.5. The lowest BCUT2D eigenvalue weighted by atomic mass is 10.1. The van der Waals surface area contributed by atoms with Crippen molar-refractivity contribution >= 4 is 5.69 Å². The van der Waals surface area contributed by atoms with Gasteiger partial charge in [-0.15, -0.1) is 0 Å². The molecule has 0 fully saturated rings. The first-order valence-electron chi connectivity index (χ1n) is 10.4. The number of nitrogens with zero attached hydrogens (tertiary/aromatic N) is 1. The molecule has 3 aromatic carbocycles. The highest BCUT2D eigenvalue weighted by molar-refractivity contribution is 5.52. The van der Waals surface area contributed by atoms with Crippen molar-refractivity contribution in [2.75, 3.05) is 11.4 Å². The van der Waals surface area contributed by atoms with Gasteiger partial charge in [0.25, 0.3) is 0 Å². The molecule has 0 aliphatic rings. The maximum atomic E-state index is 14.3. The molecule has 3 rings (SSSR count). The van der Waals surface area contributed by atoms with Crippen LogP contribution in [0.3, 0.4) is 0 Å². The van der Waals surface area contributed by atoms with Crippen LogP contribution in [0.1, 0.15) is 11.1 Å². The fraction of sp³-hybridized carbons (Fsp3) is 0.250. The van der Waals surface area contributed by atoms with E-state index in [1.165, 1.54) is 42.5 Å². The lowest BCUT2D eigenvalue weighted by Crippen LogP contribution is -2.41. The Morgan fingerprint density at radius 2 is 1.43 bits per heavy atom. The summed E-state index contributed by atoms with van der Waals surface area (Å²) in [6.45, 7) is -4.99. The first-order chi connectivity index (χ1) is 17.2. The molecule has 0 saturated heterocycles. The van der Waals surface area contributed by atoms with Gasteiger partial charge in [-0.3, -0.25) is 0 Å². The predicted molar refractivity (Wildman–Crippen MR) is 114 cm³/mol. The van der Waals surface area contributed by atoms with Gasteiger partial charge in [-0.05, 0) is 42.5 Å². The number of ether oxygens (including phenoxy) is 2. The summed E-state index contributed by atoms with van der Waals surface area (Å²) in [5, 5.41) is 9.61. The fourth-order valence-electron chi connectivity index (χ4n) is 3.25. The largest absolute Gasteiger partial charge is 0.457 e. The molecule has 37 heavy (non-hydrogen) atoms. The third-order valence-electron chi connectivity index (χ3n) is 4.95. The van der Waals surface area contributed by atoms with Crippen molar-refractivity contribution in [2.45, 2.75) is 31.6 Å². The second-order valence-electron chi connectivity index (χ2n) is 7.69. The molecule has 200 valence electrons. The normalized spacial score (nSPS) is 12.9. The number of alkyl halides is 8. The topological polar surface area (TPSA) is 41.9 Å². The van der Waals surface area contributed by atoms with Gasteiger partial charge in [0, 0.05) is 29.9 Å². The number of halogens is 9. The van der Waals surface area contributed by atoms with Crippen molar-refractivity contribution in [2.24, 2.45) is 0 Å². The van der Waals surface area contributed by atoms with Crippen LogP contribution in [0.5, 0.6) is 17.2 Å². The molecule has 0 aliphatic carbocycles. The van der Waals surface area contributed by atoms with E-state index in [9.17, 15) is 44.6 Å². The molecule has 0 unspecified atom stereocenters. The van der Waals surface area contributed by atoms with Gasteiger partial charge >= 0.3 is 19.0 Å². The highest BCUT2D eigenvalue weighted by Gasteiger charge is 2.39. The van der Waals surface area contributed by atoms with E-state index in [0.29, 0.717) is 18.2 Å². The van der Waals surface area contributed by atoms with Gasteiger partial charge in [0.2, 0.25) is 0 Å². The Labute approximate surface area is 204 Å². The van der Waals surface area contributed by atoms with Crippen LogP contribution in [0.4, 0.5) is 45.2 Å². The summed E-state index contributed by atoms with van der Waals surface area (Å²) in [5.74, 6) is -1.29. The Balaban J connectivity index is 1.93. The SMILES string of the molecule is O[C@H](CN(Cc1cc(C(F)(F)F)ccc1F)c1cccc(Oc2cccc(OC(F)F)c2)c1)C(F)(F)F. The molecule has 1 atom stereocenters. The van der Waals surface area contributed by atoms with Gasteiger partial charge < -0.3 is 19.5 Å². The first-order valence-corrected chi connectivity index (χ1v) is 10.4. The lowest BCUT2D eigenvalue weighted by Gasteiger charge is -2.29. The number of benzene rings is 3. The second kappa shape index (κ2) is 11.2. The highest BCUT2D eigenvalue weighted by atomic mass is 19.4. The average molecular weight is 539 g/mol. The maximum Gasteiger partial charge on any atom is 0.416 e. The lowest BCUT2D eigenvalue weighted by molar-refractivity contribution is -0.200. The van der Waals surface area contributed by atoms with Crippen molar-refractivity contribution in [3.8, 4) is 17.2 Å². The van der Waals surface area contributed by atoms with Gasteiger partial charge in [0.15, 0.2) is 6.10 Å². The minimum atomic E-state index is -5.07. The van der Waals surface area contributed by atoms with Gasteiger partial charge in [-0.1, -0.05) is 12.1 Å². The molecule has 0 amide bonds. The van der Waals surface area contributed by atoms with E-state index in [1.54, 1.807) is 0 Å². The predicted octanol–water partition coefficient (Wildman–Crippen LogP) is 7.17. The van der Waals surface area contributed by atoms with Crippen LogP contribution in [0.25, 0.3) is 0 Å². The van der Waals surface area contributed by atoms with E-state index in [2.05, 4.69) is 4.74 Å². The zero-order chi connectivity index (χ0) is 27.4. The van der Waals surface area contributed by atoms with Crippen LogP contribution in [-0.4, -0.2) is 30.5 Å². The summed E-state index contributed by atoms with van der Waals surface area (Å²) in [4.78, 5) is 0.833. The van der Waals surface area contributed by atoms with E-state index < -0.39 is 55.1 Å². The van der Waals surface area contributed by atoms with Crippen molar-refractivity contribution in [3.63, 3.8) is 0 Å². The van der Waals surface area contributed by atoms with E-state index in [4.69, 9.17) is 4.74 Å². The number of anilines is 1. The molecular formula is C24H18F9NO3. The van der Waals surface area contributed by atoms with Gasteiger partial charge in [-0.25, -0.2) is 4.39 Å². The average Bonchev–Trinajstić information content (AvgIpc) is 2.78. The van der Waals surface area contributed by atoms with Crippen molar-refractivity contribution in [1.29, 1.82) is 0 Å². The van der Waals surface area contributed by atoms with Gasteiger partial charge in [0.05, 0.1) is 12.1 Å². The van der Waals surface area contributed by atoms with E-state index in [0.717, 1.165) is 11.0 Å². The van der Waals surface area contributed by atoms with E-state index in [-0.39, 0.29) is 22.9 Å². The zero-order valence-corrected chi connectivity index (χ0v) is 18.5. The maximum absolute atomic E-state index is 14.3. The van der Waals surface area contributed by atoms with Crippen molar-refractivity contribution < 1.29 is 54.1 Å². The molecule has 1 N–H and O–H groups in total. The van der Waals surface area contributed by atoms with Crippen LogP contribution in [0.2, 0.25) is 0 Å². The van der Waals surface area contributed by atoms with Gasteiger partial charge in [0.1, 0.15) is 23.1 Å². The van der Waals surface area contributed by atoms with E-state index >= 15 is 0 Å². The molecule has 0 saturated carbocycles. The van der Waals surface area contributed by atoms with Crippen molar-refractivity contribution in [1.82, 2.24) is 0 Å². The standard InChI is InChI=1S/C24H18F9NO3/c25-20-8-7-15(23(28,29)30)9-14(20)12-34(13-21(35)24(31,32)33)16-3-1-4-17(10-16)36-18-5-2-6-19(11-18)37-22(26)27/h1-11,21-22,35H,12-13H2/t21-/m1/s1. The highest BCUT2D eigenvalue weighted by Crippen LogP contribution is 2.33. The van der Waals surface area contributed by atoms with E-state index in [1.807, 2.05) is 0 Å². The number of aliphatic hydroxyl groups is 1. The fourth-order valence-corrected chi connectivity index (χ4v) is 3.25. The molecule has 0 aromatic heterocycles. The summed E-state index contributed by atoms with van der Waals surface area (Å²) in [6.07, 6.45) is -12.8. The number of aliphatic hydroxyl groups excluding tert-OH is 1. The monoisotopic (exact) mass is 539 g/mol. The summed E-state index contributed by atoms with van der Waals surface area (Å²) in [7, 11) is 0. The third kappa shape index (κ3) is 7.94. The molecule has 0 spiro atoms. The number of hydrogen-bond donors (Lipinski definition) is 1. The number of hydrogen-bond acceptors (Lipinski definition) is 4. The van der Waals surface area contributed by atoms with Crippen LogP contribution in [-0.2, 0) is 12.7 Å². The number of rotatable bonds is 9. The molecule has 0 heterocycles. The molecule has 4 nitrogen and oxygen atoms in total. The van der Waals surface area contributed by atoms with Crippen LogP contribution in [0.15, 0.2) is 66.7 Å². The summed E-state index contributed by atoms with van der Waals surface area (Å²) >= 11 is 0. The molecule has 0 radical (unpaired) electrons. The van der Waals surface area contributed by atoms with Crippen LogP contribution in [0, 0.1) is 5.82 Å². The first kappa shape index (κ1) is 28.0. The van der Waals surface area contributed by atoms with Crippen LogP contribution >= 0.6 is 0 Å². The molecule has 3 aromatic rings. The molecular weight excluding hydrogens is 521 g/mol. The molecule has 0 bridgehead atoms. The molecule has 0 aliphatic heterocycles. The third-order valence-corrected chi connectivity index (χ3v) is 4.95. The second-order valence-corrected chi connectivity index (χ2v) is 7.69. The Hall–Kier alpha value is -3.61. The van der Waals surface area contributed by atoms with Crippen LogP contribution < -0.4 is 14.4 Å². The Morgan fingerprint density at radius 3 is 2.05 bits per heavy atom. The quantitative estimate of drug-likeness (QED) is 0.293. The Kier molecular flexibility index (Phi) is 8.46. The van der Waals surface area contributed by atoms with Gasteiger partial charge in [-0.2, -0.15) is 35.1 Å². The molecule has 13 heteroatoms. The minimum absolute atomic E-state index is 0.00251. The minimum Gasteiger partial charge on any atom is -0.457 e. The Bertz CT molecular complexity index is 1200. The summed E-state index contributed by atoms with van der Waals surface area (Å²) < 4.78 is 128. The summed E-state index contributed by atoms with van der Waals surface area (Å²) in [6, 6.07) is 11.8.